The van der Waals surface area contributed by atoms with E-state index in [0.717, 1.165) is 24.1 Å². The number of aromatic nitrogens is 3. The number of rotatable bonds is 3. The summed E-state index contributed by atoms with van der Waals surface area (Å²) >= 11 is 0. The molecule has 4 rings (SSSR count). The smallest absolute Gasteiger partial charge is 0.410 e. The Hall–Kier alpha value is -2.90. The van der Waals surface area contributed by atoms with Gasteiger partial charge in [-0.25, -0.2) is 4.79 Å². The molecule has 1 fully saturated rings. The summed E-state index contributed by atoms with van der Waals surface area (Å²) in [5.41, 5.74) is 1.55. The van der Waals surface area contributed by atoms with Gasteiger partial charge in [0, 0.05) is 26.0 Å². The van der Waals surface area contributed by atoms with E-state index in [4.69, 9.17) is 4.74 Å². The van der Waals surface area contributed by atoms with Crippen LogP contribution in [0.1, 0.15) is 55.2 Å². The van der Waals surface area contributed by atoms with Crippen molar-refractivity contribution in [2.24, 2.45) is 0 Å². The van der Waals surface area contributed by atoms with Crippen molar-refractivity contribution in [1.29, 1.82) is 0 Å². The average molecular weight is 397 g/mol. The number of hydrogen-bond donors (Lipinski definition) is 0. The number of ether oxygens (including phenoxy) is 1. The van der Waals surface area contributed by atoms with Gasteiger partial charge in [0.1, 0.15) is 5.60 Å². The molecule has 154 valence electrons. The number of carbonyl (C=O) groups excluding carboxylic acids is 2. The van der Waals surface area contributed by atoms with Crippen molar-refractivity contribution in [3.8, 4) is 0 Å². The zero-order chi connectivity index (χ0) is 20.8. The van der Waals surface area contributed by atoms with Gasteiger partial charge in [0.2, 0.25) is 0 Å². The molecule has 2 aliphatic rings. The van der Waals surface area contributed by atoms with Crippen LogP contribution in [0.25, 0.3) is 0 Å². The second-order valence-corrected chi connectivity index (χ2v) is 8.76. The standard InChI is InChI=1S/C21H27N5O3/c1-20(2,3)29-19(28)25-11-12-26-17(14-25)16(13-23-26)18(27)24(4)21(7-8-21)15-5-9-22-10-6-15/h5-6,9-10,13H,7-8,11-12,14H2,1-4H3. The highest BCUT2D eigenvalue weighted by Crippen LogP contribution is 2.50. The minimum Gasteiger partial charge on any atom is -0.444 e. The van der Waals surface area contributed by atoms with Crippen molar-refractivity contribution in [3.05, 3.63) is 47.5 Å². The maximum Gasteiger partial charge on any atom is 0.410 e. The first kappa shape index (κ1) is 19.4. The fourth-order valence-electron chi connectivity index (χ4n) is 3.88. The van der Waals surface area contributed by atoms with Gasteiger partial charge in [-0.05, 0) is 51.3 Å². The highest BCUT2D eigenvalue weighted by molar-refractivity contribution is 5.96. The number of fused-ring (bicyclic) bond motifs is 1. The van der Waals surface area contributed by atoms with Crippen molar-refractivity contribution >= 4 is 12.0 Å². The van der Waals surface area contributed by atoms with E-state index < -0.39 is 5.60 Å². The zero-order valence-electron chi connectivity index (χ0n) is 17.4. The van der Waals surface area contributed by atoms with Crippen molar-refractivity contribution < 1.29 is 14.3 Å². The third-order valence-electron chi connectivity index (χ3n) is 5.64. The lowest BCUT2D eigenvalue weighted by Crippen LogP contribution is -2.43. The van der Waals surface area contributed by atoms with E-state index in [9.17, 15) is 9.59 Å². The van der Waals surface area contributed by atoms with Crippen LogP contribution in [0, 0.1) is 0 Å². The molecule has 0 aromatic carbocycles. The minimum atomic E-state index is -0.559. The van der Waals surface area contributed by atoms with Crippen LogP contribution in [0.15, 0.2) is 30.7 Å². The maximum absolute atomic E-state index is 13.4. The summed E-state index contributed by atoms with van der Waals surface area (Å²) in [5, 5.41) is 4.38. The van der Waals surface area contributed by atoms with Crippen molar-refractivity contribution in [2.75, 3.05) is 13.6 Å². The van der Waals surface area contributed by atoms with Crippen molar-refractivity contribution in [3.63, 3.8) is 0 Å². The van der Waals surface area contributed by atoms with E-state index in [2.05, 4.69) is 10.1 Å². The van der Waals surface area contributed by atoms with Crippen LogP contribution in [0.2, 0.25) is 0 Å². The van der Waals surface area contributed by atoms with Gasteiger partial charge in [0.15, 0.2) is 0 Å². The van der Waals surface area contributed by atoms with Crippen LogP contribution in [-0.2, 0) is 23.4 Å². The average Bonchev–Trinajstić information content (AvgIpc) is 3.39. The lowest BCUT2D eigenvalue weighted by molar-refractivity contribution is 0.0192. The first-order valence-electron chi connectivity index (χ1n) is 9.92. The fourth-order valence-corrected chi connectivity index (χ4v) is 3.88. The van der Waals surface area contributed by atoms with Gasteiger partial charge < -0.3 is 14.5 Å². The van der Waals surface area contributed by atoms with Gasteiger partial charge in [-0.1, -0.05) is 0 Å². The molecule has 0 saturated heterocycles. The van der Waals surface area contributed by atoms with E-state index in [0.29, 0.717) is 25.2 Å². The molecule has 3 heterocycles. The molecule has 1 aliphatic heterocycles. The van der Waals surface area contributed by atoms with Gasteiger partial charge in [-0.2, -0.15) is 5.10 Å². The van der Waals surface area contributed by atoms with E-state index >= 15 is 0 Å². The van der Waals surface area contributed by atoms with Gasteiger partial charge in [-0.15, -0.1) is 0 Å². The summed E-state index contributed by atoms with van der Waals surface area (Å²) in [7, 11) is 1.84. The normalized spacial score (nSPS) is 17.4. The first-order valence-corrected chi connectivity index (χ1v) is 9.92. The highest BCUT2D eigenvalue weighted by Gasteiger charge is 2.50. The summed E-state index contributed by atoms with van der Waals surface area (Å²) < 4.78 is 7.31. The number of hydrogen-bond acceptors (Lipinski definition) is 5. The van der Waals surface area contributed by atoms with E-state index in [-0.39, 0.29) is 17.5 Å². The molecule has 0 bridgehead atoms. The van der Waals surface area contributed by atoms with Crippen molar-refractivity contribution in [1.82, 2.24) is 24.6 Å². The molecule has 0 N–H and O–H groups in total. The molecule has 2 amide bonds. The Bertz CT molecular complexity index is 928. The SMILES string of the molecule is CN(C(=O)c1cnn2c1CN(C(=O)OC(C)(C)C)CC2)C1(c2ccncc2)CC1. The molecule has 1 aliphatic carbocycles. The monoisotopic (exact) mass is 397 g/mol. The fraction of sp³-hybridized carbons (Fsp3) is 0.524. The van der Waals surface area contributed by atoms with Crippen LogP contribution in [0.3, 0.4) is 0 Å². The van der Waals surface area contributed by atoms with E-state index in [1.54, 1.807) is 23.5 Å². The molecule has 1 saturated carbocycles. The zero-order valence-corrected chi connectivity index (χ0v) is 17.4. The topological polar surface area (TPSA) is 80.6 Å². The Balaban J connectivity index is 1.55. The number of nitrogens with zero attached hydrogens (tertiary/aromatic N) is 5. The van der Waals surface area contributed by atoms with Gasteiger partial charge in [-0.3, -0.25) is 14.5 Å². The summed E-state index contributed by atoms with van der Waals surface area (Å²) in [6, 6.07) is 3.93. The molecule has 0 unspecified atom stereocenters. The van der Waals surface area contributed by atoms with Crippen LogP contribution in [0.5, 0.6) is 0 Å². The molecule has 29 heavy (non-hydrogen) atoms. The molecule has 2 aromatic heterocycles. The van der Waals surface area contributed by atoms with E-state index in [1.165, 1.54) is 0 Å². The molecule has 0 radical (unpaired) electrons. The van der Waals surface area contributed by atoms with Crippen LogP contribution in [0.4, 0.5) is 4.79 Å². The lowest BCUT2D eigenvalue weighted by atomic mass is 10.0. The van der Waals surface area contributed by atoms with Gasteiger partial charge in [0.05, 0.1) is 36.1 Å². The predicted octanol–water partition coefficient (Wildman–Crippen LogP) is 2.79. The Labute approximate surface area is 170 Å². The Morgan fingerprint density at radius 3 is 2.48 bits per heavy atom. The quantitative estimate of drug-likeness (QED) is 0.796. The second kappa shape index (κ2) is 6.86. The molecule has 0 atom stereocenters. The number of carbonyl (C=O) groups is 2. The van der Waals surface area contributed by atoms with Crippen LogP contribution < -0.4 is 0 Å². The summed E-state index contributed by atoms with van der Waals surface area (Å²) in [4.78, 5) is 33.4. The largest absolute Gasteiger partial charge is 0.444 e. The Kier molecular flexibility index (Phi) is 4.59. The lowest BCUT2D eigenvalue weighted by Gasteiger charge is -2.32. The Morgan fingerprint density at radius 1 is 1.17 bits per heavy atom. The molecular weight excluding hydrogens is 370 g/mol. The molecule has 0 spiro atoms. The number of pyridine rings is 1. The highest BCUT2D eigenvalue weighted by atomic mass is 16.6. The molecule has 8 heteroatoms. The van der Waals surface area contributed by atoms with Crippen LogP contribution in [-0.4, -0.2) is 55.8 Å². The van der Waals surface area contributed by atoms with Crippen LogP contribution >= 0.6 is 0 Å². The molecule has 8 nitrogen and oxygen atoms in total. The number of amides is 2. The minimum absolute atomic E-state index is 0.0772. The predicted molar refractivity (Wildman–Crippen MR) is 106 cm³/mol. The third kappa shape index (κ3) is 3.59. The summed E-state index contributed by atoms with van der Waals surface area (Å²) in [6.07, 6.45) is 6.62. The Morgan fingerprint density at radius 2 is 1.86 bits per heavy atom. The van der Waals surface area contributed by atoms with Gasteiger partial charge >= 0.3 is 6.09 Å². The second-order valence-electron chi connectivity index (χ2n) is 8.76. The summed E-state index contributed by atoms with van der Waals surface area (Å²) in [6.45, 7) is 6.90. The molecule has 2 aromatic rings. The van der Waals surface area contributed by atoms with E-state index in [1.807, 2.05) is 49.5 Å². The van der Waals surface area contributed by atoms with Crippen molar-refractivity contribution in [2.45, 2.75) is 57.8 Å². The first-order chi connectivity index (χ1) is 13.7. The van der Waals surface area contributed by atoms with Gasteiger partial charge in [0.25, 0.3) is 5.91 Å². The molecular formula is C21H27N5O3. The maximum atomic E-state index is 13.4. The third-order valence-corrected chi connectivity index (χ3v) is 5.64. The summed E-state index contributed by atoms with van der Waals surface area (Å²) in [5.74, 6) is -0.0772.